The van der Waals surface area contributed by atoms with Gasteiger partial charge in [0.15, 0.2) is 0 Å². The van der Waals surface area contributed by atoms with Crippen LogP contribution in [0.4, 0.5) is 0 Å². The van der Waals surface area contributed by atoms with Crippen LogP contribution >= 0.6 is 0 Å². The summed E-state index contributed by atoms with van der Waals surface area (Å²) < 4.78 is 0. The van der Waals surface area contributed by atoms with Crippen LogP contribution in [-0.4, -0.2) is 41.2 Å². The third-order valence-electron chi connectivity index (χ3n) is 5.23. The van der Waals surface area contributed by atoms with E-state index < -0.39 is 0 Å². The molecule has 2 rings (SSSR count). The molecule has 2 amide bonds. The SMILES string of the molecule is C=C1CC(C(C)(C)C)C(=O)N1CCCCC(=O)N1CC[C@H](C)C1. The fourth-order valence-electron chi connectivity index (χ4n) is 3.59. The zero-order chi connectivity index (χ0) is 17.2. The number of unbranched alkanes of at least 4 members (excludes halogenated alkanes) is 1. The Bertz CT molecular complexity index is 478. The number of carbonyl (C=O) groups excluding carboxylic acids is 2. The summed E-state index contributed by atoms with van der Waals surface area (Å²) in [6, 6.07) is 0. The molecule has 2 aliphatic rings. The van der Waals surface area contributed by atoms with Gasteiger partial charge >= 0.3 is 0 Å². The summed E-state index contributed by atoms with van der Waals surface area (Å²) in [4.78, 5) is 28.5. The van der Waals surface area contributed by atoms with E-state index >= 15 is 0 Å². The van der Waals surface area contributed by atoms with Crippen molar-refractivity contribution < 1.29 is 9.59 Å². The number of allylic oxidation sites excluding steroid dienone is 1. The molecule has 2 aliphatic heterocycles. The van der Waals surface area contributed by atoms with Gasteiger partial charge in [-0.1, -0.05) is 34.3 Å². The predicted octanol–water partition coefficient (Wildman–Crippen LogP) is 3.43. The van der Waals surface area contributed by atoms with Crippen LogP contribution in [0.2, 0.25) is 0 Å². The minimum absolute atomic E-state index is 0.0167. The fourth-order valence-corrected chi connectivity index (χ4v) is 3.59. The third kappa shape index (κ3) is 4.36. The lowest BCUT2D eigenvalue weighted by atomic mass is 9.79. The van der Waals surface area contributed by atoms with Gasteiger partial charge in [0.1, 0.15) is 0 Å². The molecule has 2 saturated heterocycles. The lowest BCUT2D eigenvalue weighted by molar-refractivity contribution is -0.132. The van der Waals surface area contributed by atoms with Crippen molar-refractivity contribution in [3.63, 3.8) is 0 Å². The molecule has 0 aliphatic carbocycles. The first kappa shape index (κ1) is 18.0. The molecule has 4 heteroatoms. The molecular formula is C19H32N2O2. The van der Waals surface area contributed by atoms with Gasteiger partial charge in [0, 0.05) is 37.7 Å². The van der Waals surface area contributed by atoms with Crippen LogP contribution in [0.5, 0.6) is 0 Å². The van der Waals surface area contributed by atoms with Crippen molar-refractivity contribution in [1.29, 1.82) is 0 Å². The monoisotopic (exact) mass is 320 g/mol. The smallest absolute Gasteiger partial charge is 0.230 e. The van der Waals surface area contributed by atoms with Crippen molar-refractivity contribution in [3.05, 3.63) is 12.3 Å². The third-order valence-corrected chi connectivity index (χ3v) is 5.23. The van der Waals surface area contributed by atoms with Gasteiger partial charge in [0.25, 0.3) is 0 Å². The predicted molar refractivity (Wildman–Crippen MR) is 92.6 cm³/mol. The molecule has 0 saturated carbocycles. The first-order valence-corrected chi connectivity index (χ1v) is 8.97. The van der Waals surface area contributed by atoms with E-state index in [2.05, 4.69) is 34.3 Å². The van der Waals surface area contributed by atoms with E-state index in [1.165, 1.54) is 0 Å². The van der Waals surface area contributed by atoms with Gasteiger partial charge < -0.3 is 9.80 Å². The summed E-state index contributed by atoms with van der Waals surface area (Å²) in [5.41, 5.74) is 0.923. The maximum atomic E-state index is 12.5. The molecule has 2 atom stereocenters. The van der Waals surface area contributed by atoms with Crippen LogP contribution < -0.4 is 0 Å². The maximum Gasteiger partial charge on any atom is 0.230 e. The van der Waals surface area contributed by atoms with Crippen LogP contribution in [0.15, 0.2) is 12.3 Å². The highest BCUT2D eigenvalue weighted by molar-refractivity contribution is 5.84. The van der Waals surface area contributed by atoms with Crippen molar-refractivity contribution >= 4 is 11.8 Å². The Kier molecular flexibility index (Phi) is 5.53. The molecule has 0 N–H and O–H groups in total. The van der Waals surface area contributed by atoms with E-state index in [9.17, 15) is 9.59 Å². The minimum Gasteiger partial charge on any atom is -0.342 e. The van der Waals surface area contributed by atoms with Gasteiger partial charge in [0.2, 0.25) is 11.8 Å². The Morgan fingerprint density at radius 3 is 2.52 bits per heavy atom. The van der Waals surface area contributed by atoms with Crippen molar-refractivity contribution in [1.82, 2.24) is 9.80 Å². The van der Waals surface area contributed by atoms with Crippen LogP contribution in [0.3, 0.4) is 0 Å². The Morgan fingerprint density at radius 1 is 1.30 bits per heavy atom. The van der Waals surface area contributed by atoms with E-state index in [0.29, 0.717) is 18.9 Å². The second-order valence-electron chi connectivity index (χ2n) is 8.37. The number of carbonyl (C=O) groups is 2. The average Bonchev–Trinajstić information content (AvgIpc) is 3.00. The van der Waals surface area contributed by atoms with Crippen LogP contribution in [0, 0.1) is 17.3 Å². The summed E-state index contributed by atoms with van der Waals surface area (Å²) >= 11 is 0. The van der Waals surface area contributed by atoms with E-state index in [-0.39, 0.29) is 23.1 Å². The normalized spacial score (nSPS) is 25.6. The molecule has 0 aromatic heterocycles. The van der Waals surface area contributed by atoms with Gasteiger partial charge in [-0.2, -0.15) is 0 Å². The van der Waals surface area contributed by atoms with E-state index in [1.54, 1.807) is 0 Å². The largest absolute Gasteiger partial charge is 0.342 e. The lowest BCUT2D eigenvalue weighted by Gasteiger charge is -2.25. The van der Waals surface area contributed by atoms with Gasteiger partial charge in [0.05, 0.1) is 0 Å². The second-order valence-corrected chi connectivity index (χ2v) is 8.37. The molecule has 0 radical (unpaired) electrons. The lowest BCUT2D eigenvalue weighted by Crippen LogP contribution is -2.33. The molecule has 0 spiro atoms. The molecule has 0 aromatic rings. The molecule has 4 nitrogen and oxygen atoms in total. The molecular weight excluding hydrogens is 288 g/mol. The van der Waals surface area contributed by atoms with E-state index in [0.717, 1.165) is 44.5 Å². The molecule has 0 bridgehead atoms. The number of hydrogen-bond donors (Lipinski definition) is 0. The minimum atomic E-state index is -0.0167. The highest BCUT2D eigenvalue weighted by Gasteiger charge is 2.41. The molecule has 23 heavy (non-hydrogen) atoms. The van der Waals surface area contributed by atoms with Crippen LogP contribution in [-0.2, 0) is 9.59 Å². The van der Waals surface area contributed by atoms with Crippen molar-refractivity contribution in [2.45, 2.75) is 59.8 Å². The number of amides is 2. The van der Waals surface area contributed by atoms with Crippen molar-refractivity contribution in [2.24, 2.45) is 17.3 Å². The first-order chi connectivity index (χ1) is 10.7. The van der Waals surface area contributed by atoms with Gasteiger partial charge in [-0.3, -0.25) is 9.59 Å². The van der Waals surface area contributed by atoms with Gasteiger partial charge in [-0.15, -0.1) is 0 Å². The Morgan fingerprint density at radius 2 is 2.00 bits per heavy atom. The Labute approximate surface area is 140 Å². The summed E-state index contributed by atoms with van der Waals surface area (Å²) in [6.07, 6.45) is 4.22. The summed E-state index contributed by atoms with van der Waals surface area (Å²) in [6.45, 7) is 15.1. The highest BCUT2D eigenvalue weighted by Crippen LogP contribution is 2.39. The molecule has 2 fully saturated rings. The van der Waals surface area contributed by atoms with Crippen molar-refractivity contribution in [2.75, 3.05) is 19.6 Å². The Balaban J connectivity index is 1.73. The number of likely N-dealkylation sites (tertiary alicyclic amines) is 2. The van der Waals surface area contributed by atoms with Crippen LogP contribution in [0.1, 0.15) is 59.8 Å². The summed E-state index contributed by atoms with van der Waals surface area (Å²) in [7, 11) is 0. The first-order valence-electron chi connectivity index (χ1n) is 8.97. The van der Waals surface area contributed by atoms with E-state index in [4.69, 9.17) is 0 Å². The summed E-state index contributed by atoms with van der Waals surface area (Å²) in [5.74, 6) is 1.16. The highest BCUT2D eigenvalue weighted by atomic mass is 16.2. The molecule has 1 unspecified atom stereocenters. The van der Waals surface area contributed by atoms with Gasteiger partial charge in [-0.25, -0.2) is 0 Å². The number of rotatable bonds is 5. The molecule has 0 aromatic carbocycles. The van der Waals surface area contributed by atoms with Crippen molar-refractivity contribution in [3.8, 4) is 0 Å². The standard InChI is InChI=1S/C19H32N2O2/c1-14-9-11-20(13-14)17(22)8-6-7-10-21-15(2)12-16(18(21)23)19(3,4)5/h14,16H,2,6-13H2,1,3-5H3/t14-,16?/m0/s1. The van der Waals surface area contributed by atoms with Gasteiger partial charge in [-0.05, 0) is 37.0 Å². The number of nitrogens with zero attached hydrogens (tertiary/aromatic N) is 2. The average molecular weight is 320 g/mol. The maximum absolute atomic E-state index is 12.5. The van der Waals surface area contributed by atoms with E-state index in [1.807, 2.05) is 9.80 Å². The zero-order valence-corrected chi connectivity index (χ0v) is 15.2. The second kappa shape index (κ2) is 7.06. The quantitative estimate of drug-likeness (QED) is 0.728. The topological polar surface area (TPSA) is 40.6 Å². The zero-order valence-electron chi connectivity index (χ0n) is 15.2. The van der Waals surface area contributed by atoms with Crippen LogP contribution in [0.25, 0.3) is 0 Å². The Hall–Kier alpha value is -1.32. The summed E-state index contributed by atoms with van der Waals surface area (Å²) in [5, 5.41) is 0. The molecule has 130 valence electrons. The number of hydrogen-bond acceptors (Lipinski definition) is 2. The fraction of sp³-hybridized carbons (Fsp3) is 0.789. The molecule has 2 heterocycles.